The minimum Gasteiger partial charge on any atom is -0.369 e. The monoisotopic (exact) mass is 174 g/mol. The second-order valence-corrected chi connectivity index (χ2v) is 3.98. The Hall–Kier alpha value is -0.220. The third-order valence-electron chi connectivity index (χ3n) is 1.76. The van der Waals surface area contributed by atoms with E-state index in [0.717, 1.165) is 12.5 Å². The first-order valence-corrected chi connectivity index (χ1v) is 5.01. The Balaban J connectivity index is 1.98. The van der Waals surface area contributed by atoms with E-state index in [0.29, 0.717) is 6.54 Å². The molecular formula is C7H14N2OS. The fourth-order valence-corrected chi connectivity index (χ4v) is 2.43. The molecule has 0 spiro atoms. The maximum Gasteiger partial charge on any atom is 0.231 e. The lowest BCUT2D eigenvalue weighted by Gasteiger charge is -2.07. The van der Waals surface area contributed by atoms with Crippen molar-refractivity contribution >= 4 is 17.7 Å². The van der Waals surface area contributed by atoms with Gasteiger partial charge in [0.2, 0.25) is 5.91 Å². The zero-order chi connectivity index (χ0) is 8.10. The molecule has 0 aromatic heterocycles. The Morgan fingerprint density at radius 2 is 2.55 bits per heavy atom. The summed E-state index contributed by atoms with van der Waals surface area (Å²) in [5, 5.41) is 3.04. The van der Waals surface area contributed by atoms with Crippen LogP contribution in [-0.2, 0) is 4.79 Å². The van der Waals surface area contributed by atoms with Crippen molar-refractivity contribution in [2.24, 2.45) is 11.7 Å². The molecule has 0 aromatic rings. The Morgan fingerprint density at radius 3 is 3.09 bits per heavy atom. The molecule has 1 heterocycles. The molecule has 1 unspecified atom stereocenters. The number of thioether (sulfide) groups is 1. The topological polar surface area (TPSA) is 55.1 Å². The van der Waals surface area contributed by atoms with E-state index in [1.54, 1.807) is 0 Å². The average molecular weight is 174 g/mol. The number of nitrogens with one attached hydrogen (secondary N) is 1. The lowest BCUT2D eigenvalue weighted by molar-refractivity contribution is -0.117. The first-order chi connectivity index (χ1) is 5.29. The van der Waals surface area contributed by atoms with Crippen molar-refractivity contribution in [2.45, 2.75) is 6.42 Å². The van der Waals surface area contributed by atoms with Crippen LogP contribution in [0.3, 0.4) is 0 Å². The number of amides is 1. The molecule has 0 aromatic carbocycles. The predicted molar refractivity (Wildman–Crippen MR) is 47.5 cm³/mol. The number of primary amides is 1. The summed E-state index contributed by atoms with van der Waals surface area (Å²) < 4.78 is 0. The van der Waals surface area contributed by atoms with Crippen molar-refractivity contribution in [3.63, 3.8) is 0 Å². The van der Waals surface area contributed by atoms with Gasteiger partial charge in [-0.25, -0.2) is 0 Å². The predicted octanol–water partition coefficient (Wildman–Crippen LogP) is -0.186. The van der Waals surface area contributed by atoms with Crippen LogP contribution in [0.15, 0.2) is 0 Å². The fraction of sp³-hybridized carbons (Fsp3) is 0.857. The van der Waals surface area contributed by atoms with Gasteiger partial charge in [0.05, 0.1) is 6.54 Å². The zero-order valence-electron chi connectivity index (χ0n) is 6.51. The Kier molecular flexibility index (Phi) is 3.72. The molecule has 1 amide bonds. The molecule has 0 bridgehead atoms. The molecule has 64 valence electrons. The van der Waals surface area contributed by atoms with E-state index in [4.69, 9.17) is 5.73 Å². The van der Waals surface area contributed by atoms with Crippen molar-refractivity contribution < 1.29 is 4.79 Å². The molecule has 4 heteroatoms. The van der Waals surface area contributed by atoms with Gasteiger partial charge in [-0.05, 0) is 30.4 Å². The van der Waals surface area contributed by atoms with E-state index >= 15 is 0 Å². The van der Waals surface area contributed by atoms with Gasteiger partial charge in [0.1, 0.15) is 0 Å². The van der Waals surface area contributed by atoms with Crippen molar-refractivity contribution in [3.8, 4) is 0 Å². The summed E-state index contributed by atoms with van der Waals surface area (Å²) in [6.07, 6.45) is 1.27. The molecule has 1 rings (SSSR count). The molecule has 1 fully saturated rings. The van der Waals surface area contributed by atoms with Crippen LogP contribution in [0.25, 0.3) is 0 Å². The highest BCUT2D eigenvalue weighted by molar-refractivity contribution is 7.99. The normalized spacial score (nSPS) is 23.8. The summed E-state index contributed by atoms with van der Waals surface area (Å²) in [6.45, 7) is 1.26. The highest BCUT2D eigenvalue weighted by Crippen LogP contribution is 2.22. The third-order valence-corrected chi connectivity index (χ3v) is 2.99. The molecule has 0 aliphatic carbocycles. The molecule has 1 atom stereocenters. The summed E-state index contributed by atoms with van der Waals surface area (Å²) in [5.74, 6) is 2.98. The minimum atomic E-state index is -0.268. The maximum atomic E-state index is 10.3. The first-order valence-electron chi connectivity index (χ1n) is 3.86. The number of nitrogens with two attached hydrogens (primary N) is 1. The zero-order valence-corrected chi connectivity index (χ0v) is 7.32. The summed E-state index contributed by atoms with van der Waals surface area (Å²) in [6, 6.07) is 0. The first kappa shape index (κ1) is 8.87. The second-order valence-electron chi connectivity index (χ2n) is 2.83. The van der Waals surface area contributed by atoms with Crippen molar-refractivity contribution in [2.75, 3.05) is 24.6 Å². The molecule has 1 aliphatic rings. The fourth-order valence-electron chi connectivity index (χ4n) is 1.14. The lowest BCUT2D eigenvalue weighted by Crippen LogP contribution is -2.32. The van der Waals surface area contributed by atoms with Crippen LogP contribution in [0.2, 0.25) is 0 Å². The average Bonchev–Trinajstić information content (AvgIpc) is 2.39. The van der Waals surface area contributed by atoms with Gasteiger partial charge in [-0.2, -0.15) is 11.8 Å². The molecule has 0 radical (unpaired) electrons. The van der Waals surface area contributed by atoms with Crippen LogP contribution >= 0.6 is 11.8 Å². The van der Waals surface area contributed by atoms with Gasteiger partial charge in [0.15, 0.2) is 0 Å². The molecule has 1 saturated heterocycles. The van der Waals surface area contributed by atoms with Gasteiger partial charge in [-0.1, -0.05) is 0 Å². The summed E-state index contributed by atoms with van der Waals surface area (Å²) >= 11 is 1.98. The molecule has 3 N–H and O–H groups in total. The van der Waals surface area contributed by atoms with E-state index in [2.05, 4.69) is 5.32 Å². The minimum absolute atomic E-state index is 0.268. The van der Waals surface area contributed by atoms with Crippen molar-refractivity contribution in [1.82, 2.24) is 5.32 Å². The lowest BCUT2D eigenvalue weighted by atomic mass is 10.1. The molecule has 11 heavy (non-hydrogen) atoms. The van der Waals surface area contributed by atoms with Crippen LogP contribution in [0, 0.1) is 5.92 Å². The van der Waals surface area contributed by atoms with Crippen LogP contribution in [0.5, 0.6) is 0 Å². The van der Waals surface area contributed by atoms with E-state index < -0.39 is 0 Å². The Labute approximate surface area is 71.1 Å². The number of rotatable bonds is 4. The number of hydrogen-bond acceptors (Lipinski definition) is 3. The molecule has 1 aliphatic heterocycles. The standard InChI is InChI=1S/C7H14N2OS/c8-7(10)4-9-3-6-1-2-11-5-6/h6,9H,1-5H2,(H2,8,10). The quantitative estimate of drug-likeness (QED) is 0.621. The number of hydrogen-bond donors (Lipinski definition) is 2. The Bertz CT molecular complexity index is 134. The highest BCUT2D eigenvalue weighted by atomic mass is 32.2. The summed E-state index contributed by atoms with van der Waals surface area (Å²) in [5.41, 5.74) is 4.97. The van der Waals surface area contributed by atoms with Crippen LogP contribution in [0.4, 0.5) is 0 Å². The third kappa shape index (κ3) is 3.62. The number of carbonyl (C=O) groups excluding carboxylic acids is 1. The Morgan fingerprint density at radius 1 is 1.73 bits per heavy atom. The SMILES string of the molecule is NC(=O)CNCC1CCSC1. The summed E-state index contributed by atoms with van der Waals surface area (Å²) in [4.78, 5) is 10.3. The van der Waals surface area contributed by atoms with Gasteiger partial charge in [0, 0.05) is 0 Å². The van der Waals surface area contributed by atoms with Gasteiger partial charge < -0.3 is 11.1 Å². The highest BCUT2D eigenvalue weighted by Gasteiger charge is 2.14. The molecular weight excluding hydrogens is 160 g/mol. The van der Waals surface area contributed by atoms with Crippen LogP contribution < -0.4 is 11.1 Å². The van der Waals surface area contributed by atoms with Crippen LogP contribution in [-0.4, -0.2) is 30.5 Å². The maximum absolute atomic E-state index is 10.3. The van der Waals surface area contributed by atoms with E-state index in [-0.39, 0.29) is 5.91 Å². The smallest absolute Gasteiger partial charge is 0.231 e. The van der Waals surface area contributed by atoms with Crippen LogP contribution in [0.1, 0.15) is 6.42 Å². The van der Waals surface area contributed by atoms with Gasteiger partial charge in [-0.3, -0.25) is 4.79 Å². The van der Waals surface area contributed by atoms with E-state index in [1.807, 2.05) is 11.8 Å². The van der Waals surface area contributed by atoms with Crippen molar-refractivity contribution in [3.05, 3.63) is 0 Å². The van der Waals surface area contributed by atoms with Gasteiger partial charge in [-0.15, -0.1) is 0 Å². The summed E-state index contributed by atoms with van der Waals surface area (Å²) in [7, 11) is 0. The molecule has 0 saturated carbocycles. The van der Waals surface area contributed by atoms with E-state index in [9.17, 15) is 4.79 Å². The van der Waals surface area contributed by atoms with Crippen molar-refractivity contribution in [1.29, 1.82) is 0 Å². The van der Waals surface area contributed by atoms with Gasteiger partial charge in [0.25, 0.3) is 0 Å². The number of carbonyl (C=O) groups is 1. The van der Waals surface area contributed by atoms with Gasteiger partial charge >= 0.3 is 0 Å². The molecule has 3 nitrogen and oxygen atoms in total. The van der Waals surface area contributed by atoms with E-state index in [1.165, 1.54) is 17.9 Å². The second kappa shape index (κ2) is 4.62. The largest absolute Gasteiger partial charge is 0.369 e.